The third-order valence-corrected chi connectivity index (χ3v) is 2.54. The number of nitrogens with zero attached hydrogens (tertiary/aromatic N) is 2. The van der Waals surface area contributed by atoms with Gasteiger partial charge < -0.3 is 4.52 Å². The van der Waals surface area contributed by atoms with E-state index in [1.54, 1.807) is 7.11 Å². The second-order valence-corrected chi connectivity index (χ2v) is 4.60. The minimum absolute atomic E-state index is 0.510. The van der Waals surface area contributed by atoms with Gasteiger partial charge in [0.1, 0.15) is 0 Å². The Hall–Kier alpha value is 0.310. The molecule has 0 amide bonds. The molecule has 0 rings (SSSR count). The van der Waals surface area contributed by atoms with Gasteiger partial charge in [-0.25, -0.2) is 0 Å². The van der Waals surface area contributed by atoms with Gasteiger partial charge >= 0.3 is 0 Å². The average molecular weight is 150 g/mol. The molecule has 0 aromatic carbocycles. The van der Waals surface area contributed by atoms with Gasteiger partial charge in [-0.1, -0.05) is 0 Å². The van der Waals surface area contributed by atoms with E-state index in [0.717, 1.165) is 0 Å². The maximum absolute atomic E-state index is 5.19. The van der Waals surface area contributed by atoms with E-state index < -0.39 is 8.45 Å². The molecule has 3 nitrogen and oxygen atoms in total. The molecule has 9 heavy (non-hydrogen) atoms. The van der Waals surface area contributed by atoms with Crippen molar-refractivity contribution in [2.75, 3.05) is 35.3 Å². The van der Waals surface area contributed by atoms with Crippen molar-refractivity contribution < 1.29 is 4.52 Å². The van der Waals surface area contributed by atoms with Crippen LogP contribution in [-0.2, 0) is 4.52 Å². The predicted octanol–water partition coefficient (Wildman–Crippen LogP) is 0.983. The topological polar surface area (TPSA) is 15.7 Å². The molecule has 0 saturated heterocycles. The first-order chi connectivity index (χ1) is 4.09. The van der Waals surface area contributed by atoms with Crippen LogP contribution in [0.15, 0.2) is 0 Å². The van der Waals surface area contributed by atoms with Crippen LogP contribution < -0.4 is 0 Å². The van der Waals surface area contributed by atoms with E-state index in [1.807, 2.05) is 28.2 Å². The van der Waals surface area contributed by atoms with E-state index in [9.17, 15) is 0 Å². The van der Waals surface area contributed by atoms with Crippen LogP contribution in [0.25, 0.3) is 0 Å². The van der Waals surface area contributed by atoms with Crippen molar-refractivity contribution in [3.8, 4) is 0 Å². The predicted molar refractivity (Wildman–Crippen MR) is 41.3 cm³/mol. The van der Waals surface area contributed by atoms with E-state index in [4.69, 9.17) is 4.52 Å². The van der Waals surface area contributed by atoms with Crippen LogP contribution in [0.3, 0.4) is 0 Å². The van der Waals surface area contributed by atoms with Gasteiger partial charge in [0.2, 0.25) is 0 Å². The van der Waals surface area contributed by atoms with E-state index >= 15 is 0 Å². The molecule has 0 aromatic rings. The summed E-state index contributed by atoms with van der Waals surface area (Å²) in [6, 6.07) is 0. The van der Waals surface area contributed by atoms with Gasteiger partial charge in [0.05, 0.1) is 0 Å². The summed E-state index contributed by atoms with van der Waals surface area (Å²) in [5.41, 5.74) is 0. The van der Waals surface area contributed by atoms with E-state index in [-0.39, 0.29) is 0 Å². The standard InChI is InChI=1S/C5H15N2OP/c1-6(2)9(8-5)7(3)4/h1-5H3. The van der Waals surface area contributed by atoms with Crippen LogP contribution in [0, 0.1) is 0 Å². The molecule has 0 aliphatic heterocycles. The Morgan fingerprint density at radius 1 is 1.00 bits per heavy atom. The van der Waals surface area contributed by atoms with Crippen LogP contribution in [-0.4, -0.2) is 44.6 Å². The molecule has 0 saturated carbocycles. The first-order valence-corrected chi connectivity index (χ1v) is 3.94. The number of hydrogen-bond acceptors (Lipinski definition) is 3. The van der Waals surface area contributed by atoms with Gasteiger partial charge in [-0.2, -0.15) is 0 Å². The Balaban J connectivity index is 3.68. The Morgan fingerprint density at radius 3 is 1.33 bits per heavy atom. The van der Waals surface area contributed by atoms with Crippen LogP contribution in [0.5, 0.6) is 0 Å². The molecular weight excluding hydrogens is 135 g/mol. The molecule has 0 spiro atoms. The highest BCUT2D eigenvalue weighted by Gasteiger charge is 2.11. The zero-order valence-electron chi connectivity index (χ0n) is 6.75. The normalized spacial score (nSPS) is 12.0. The molecule has 0 unspecified atom stereocenters. The zero-order valence-corrected chi connectivity index (χ0v) is 7.64. The molecule has 0 aromatic heterocycles. The Labute approximate surface area is 58.5 Å². The molecule has 0 aliphatic carbocycles. The highest BCUT2D eigenvalue weighted by molar-refractivity contribution is 7.47. The average Bonchev–Trinajstić information content (AvgIpc) is 1.64. The van der Waals surface area contributed by atoms with Crippen LogP contribution in [0.2, 0.25) is 0 Å². The summed E-state index contributed by atoms with van der Waals surface area (Å²) in [6.07, 6.45) is 0. The molecule has 56 valence electrons. The highest BCUT2D eigenvalue weighted by atomic mass is 31.2. The fourth-order valence-electron chi connectivity index (χ4n) is 0.684. The lowest BCUT2D eigenvalue weighted by Gasteiger charge is -2.26. The number of rotatable bonds is 3. The van der Waals surface area contributed by atoms with Crippen LogP contribution >= 0.6 is 8.45 Å². The Bertz CT molecular complexity index is 69.4. The first kappa shape index (κ1) is 9.31. The summed E-state index contributed by atoms with van der Waals surface area (Å²) in [6.45, 7) is 0. The molecular formula is C5H15N2OP. The molecule has 0 atom stereocenters. The van der Waals surface area contributed by atoms with Crippen molar-refractivity contribution in [1.29, 1.82) is 0 Å². The van der Waals surface area contributed by atoms with Crippen molar-refractivity contribution >= 4 is 8.45 Å². The molecule has 0 fully saturated rings. The maximum atomic E-state index is 5.19. The van der Waals surface area contributed by atoms with Gasteiger partial charge in [-0.05, 0) is 28.2 Å². The third-order valence-electron chi connectivity index (χ3n) is 0.848. The maximum Gasteiger partial charge on any atom is 0.186 e. The first-order valence-electron chi connectivity index (χ1n) is 2.78. The Kier molecular flexibility index (Phi) is 4.32. The van der Waals surface area contributed by atoms with Gasteiger partial charge in [0, 0.05) is 7.11 Å². The van der Waals surface area contributed by atoms with Gasteiger partial charge in [-0.3, -0.25) is 9.34 Å². The molecule has 0 aliphatic rings. The molecule has 0 heterocycles. The summed E-state index contributed by atoms with van der Waals surface area (Å²) >= 11 is 0. The summed E-state index contributed by atoms with van der Waals surface area (Å²) in [4.78, 5) is 0. The van der Waals surface area contributed by atoms with Crippen LogP contribution in [0.1, 0.15) is 0 Å². The molecule has 0 bridgehead atoms. The molecule has 0 radical (unpaired) electrons. The largest absolute Gasteiger partial charge is 0.335 e. The smallest absolute Gasteiger partial charge is 0.186 e. The summed E-state index contributed by atoms with van der Waals surface area (Å²) < 4.78 is 9.32. The highest BCUT2D eigenvalue weighted by Crippen LogP contribution is 2.39. The lowest BCUT2D eigenvalue weighted by atomic mass is 11.3. The van der Waals surface area contributed by atoms with Crippen molar-refractivity contribution in [2.24, 2.45) is 0 Å². The summed E-state index contributed by atoms with van der Waals surface area (Å²) in [7, 11) is 9.25. The van der Waals surface area contributed by atoms with E-state index in [1.165, 1.54) is 0 Å². The summed E-state index contributed by atoms with van der Waals surface area (Å²) in [5.74, 6) is 0. The van der Waals surface area contributed by atoms with E-state index in [0.29, 0.717) is 0 Å². The van der Waals surface area contributed by atoms with Gasteiger partial charge in [0.25, 0.3) is 0 Å². The van der Waals surface area contributed by atoms with Gasteiger partial charge in [0.15, 0.2) is 8.45 Å². The zero-order chi connectivity index (χ0) is 7.44. The van der Waals surface area contributed by atoms with Crippen molar-refractivity contribution in [1.82, 2.24) is 9.34 Å². The fraction of sp³-hybridized carbons (Fsp3) is 1.00. The van der Waals surface area contributed by atoms with Gasteiger partial charge in [-0.15, -0.1) is 0 Å². The van der Waals surface area contributed by atoms with Crippen molar-refractivity contribution in [2.45, 2.75) is 0 Å². The SMILES string of the molecule is COP(N(C)C)N(C)C. The van der Waals surface area contributed by atoms with Crippen molar-refractivity contribution in [3.05, 3.63) is 0 Å². The summed E-state index contributed by atoms with van der Waals surface area (Å²) in [5, 5.41) is 0. The lowest BCUT2D eigenvalue weighted by molar-refractivity contribution is 0.370. The van der Waals surface area contributed by atoms with Crippen LogP contribution in [0.4, 0.5) is 0 Å². The third kappa shape index (κ3) is 3.11. The second-order valence-electron chi connectivity index (χ2n) is 2.13. The quantitative estimate of drug-likeness (QED) is 0.558. The minimum atomic E-state index is -0.510. The second kappa shape index (κ2) is 4.18. The van der Waals surface area contributed by atoms with E-state index in [2.05, 4.69) is 9.34 Å². The minimum Gasteiger partial charge on any atom is -0.335 e. The lowest BCUT2D eigenvalue weighted by Crippen LogP contribution is -2.17. The number of hydrogen-bond donors (Lipinski definition) is 0. The monoisotopic (exact) mass is 150 g/mol. The Morgan fingerprint density at radius 2 is 1.33 bits per heavy atom. The van der Waals surface area contributed by atoms with Crippen molar-refractivity contribution in [3.63, 3.8) is 0 Å². The molecule has 0 N–H and O–H groups in total. The molecule has 4 heteroatoms. The fourth-order valence-corrected chi connectivity index (χ4v) is 2.05.